The van der Waals surface area contributed by atoms with Gasteiger partial charge in [-0.25, -0.2) is 14.4 Å². The molecule has 1 aliphatic rings. The van der Waals surface area contributed by atoms with Crippen molar-refractivity contribution in [2.75, 3.05) is 18.9 Å². The van der Waals surface area contributed by atoms with Crippen LogP contribution in [0.4, 0.5) is 22.7 Å². The number of carbonyl (C=O) groups is 2. The number of nitrogen functional groups attached to an aromatic ring is 1. The molecule has 0 spiro atoms. The van der Waals surface area contributed by atoms with Gasteiger partial charge in [-0.2, -0.15) is 13.2 Å². The number of pyridine rings is 1. The van der Waals surface area contributed by atoms with Gasteiger partial charge in [-0.15, -0.1) is 0 Å². The van der Waals surface area contributed by atoms with Crippen LogP contribution in [0.1, 0.15) is 35.0 Å². The maximum Gasteiger partial charge on any atom is 0.424 e. The molecule has 220 valence electrons. The van der Waals surface area contributed by atoms with Crippen molar-refractivity contribution in [1.29, 1.82) is 0 Å². The van der Waals surface area contributed by atoms with E-state index in [0.29, 0.717) is 10.2 Å². The number of nitrogens with one attached hydrogen (secondary N) is 1. The number of thiazole rings is 1. The molecule has 0 bridgehead atoms. The fourth-order valence-corrected chi connectivity index (χ4v) is 5.90. The monoisotopic (exact) mass is 623 g/mol. The summed E-state index contributed by atoms with van der Waals surface area (Å²) in [6, 6.07) is 8.15. The molecule has 0 fully saturated rings. The Labute approximate surface area is 244 Å². The summed E-state index contributed by atoms with van der Waals surface area (Å²) in [5.41, 5.74) is 5.37. The van der Waals surface area contributed by atoms with Gasteiger partial charge in [0.15, 0.2) is 5.13 Å². The zero-order valence-corrected chi connectivity index (χ0v) is 23.3. The van der Waals surface area contributed by atoms with Gasteiger partial charge in [0.1, 0.15) is 34.8 Å². The highest BCUT2D eigenvalue weighted by Crippen LogP contribution is 2.49. The third-order valence-electron chi connectivity index (χ3n) is 7.27. The van der Waals surface area contributed by atoms with E-state index in [-0.39, 0.29) is 51.3 Å². The first kappa shape index (κ1) is 29.5. The number of nitrogens with two attached hydrogens (primary N) is 2. The summed E-state index contributed by atoms with van der Waals surface area (Å²) in [6.07, 6.45) is -5.30. The molecule has 2 aromatic heterocycles. The molecule has 0 saturated carbocycles. The molecule has 6 N–H and O–H groups in total. The van der Waals surface area contributed by atoms with E-state index in [2.05, 4.69) is 15.3 Å². The van der Waals surface area contributed by atoms with Gasteiger partial charge in [-0.05, 0) is 48.9 Å². The topological polar surface area (TPSA) is 153 Å². The van der Waals surface area contributed by atoms with Crippen LogP contribution in [0.15, 0.2) is 42.5 Å². The molecule has 0 aliphatic carbocycles. The molecule has 15 heteroatoms. The number of aromatic nitrogens is 2. The van der Waals surface area contributed by atoms with Crippen LogP contribution in [0.3, 0.4) is 0 Å². The quantitative estimate of drug-likeness (QED) is 0.222. The van der Waals surface area contributed by atoms with Gasteiger partial charge in [0.25, 0.3) is 5.91 Å². The lowest BCUT2D eigenvalue weighted by Gasteiger charge is -2.32. The average Bonchev–Trinajstić information content (AvgIpc) is 3.51. The summed E-state index contributed by atoms with van der Waals surface area (Å²) in [7, 11) is 0. The van der Waals surface area contributed by atoms with E-state index in [4.69, 9.17) is 27.8 Å². The maximum absolute atomic E-state index is 14.6. The van der Waals surface area contributed by atoms with Crippen LogP contribution in [0.2, 0.25) is 5.02 Å². The summed E-state index contributed by atoms with van der Waals surface area (Å²) < 4.78 is 63.7. The summed E-state index contributed by atoms with van der Waals surface area (Å²) in [5.74, 6) is -2.46. The molecular formula is C27H22ClF4N5O4S. The molecule has 42 heavy (non-hydrogen) atoms. The van der Waals surface area contributed by atoms with Gasteiger partial charge in [0.2, 0.25) is 11.5 Å². The first-order valence-electron chi connectivity index (χ1n) is 12.4. The van der Waals surface area contributed by atoms with Crippen molar-refractivity contribution in [1.82, 2.24) is 15.3 Å². The number of hydrogen-bond donors (Lipinski definition) is 4. The predicted octanol–water partition coefficient (Wildman–Crippen LogP) is 4.44. The zero-order valence-electron chi connectivity index (χ0n) is 21.7. The lowest BCUT2D eigenvalue weighted by Crippen LogP contribution is -2.52. The van der Waals surface area contributed by atoms with Gasteiger partial charge < -0.3 is 26.6 Å². The van der Waals surface area contributed by atoms with E-state index < -0.39 is 47.1 Å². The number of hydrogen-bond acceptors (Lipinski definition) is 8. The molecule has 5 rings (SSSR count). The minimum Gasteiger partial charge on any atom is -0.489 e. The largest absolute Gasteiger partial charge is 0.489 e. The lowest BCUT2D eigenvalue weighted by atomic mass is 9.78. The Morgan fingerprint density at radius 3 is 2.50 bits per heavy atom. The number of fused-ring (bicyclic) bond motifs is 2. The van der Waals surface area contributed by atoms with E-state index >= 15 is 0 Å². The van der Waals surface area contributed by atoms with Gasteiger partial charge in [0, 0.05) is 16.7 Å². The SMILES string of the molecule is CC[C@]1(C(N)=O)COc2c1cc([C@@](O)(CNC(=O)c1cc(Cl)c3nc(N)sc3c1)C(F)(F)F)nc2-c1ccc(F)cc1. The predicted molar refractivity (Wildman–Crippen MR) is 148 cm³/mol. The van der Waals surface area contributed by atoms with Gasteiger partial charge >= 0.3 is 6.18 Å². The summed E-state index contributed by atoms with van der Waals surface area (Å²) in [4.78, 5) is 33.7. The summed E-state index contributed by atoms with van der Waals surface area (Å²) >= 11 is 7.21. The Bertz CT molecular complexity index is 1730. The van der Waals surface area contributed by atoms with Gasteiger partial charge in [-0.3, -0.25) is 9.59 Å². The van der Waals surface area contributed by atoms with Crippen molar-refractivity contribution < 1.29 is 37.0 Å². The normalized spacial score (nSPS) is 17.9. The van der Waals surface area contributed by atoms with Crippen LogP contribution in [-0.2, 0) is 15.8 Å². The molecule has 0 radical (unpaired) electrons. The van der Waals surface area contributed by atoms with E-state index in [1.165, 1.54) is 24.3 Å². The van der Waals surface area contributed by atoms with Crippen molar-refractivity contribution in [2.45, 2.75) is 30.5 Å². The zero-order chi connectivity index (χ0) is 30.6. The first-order chi connectivity index (χ1) is 19.7. The minimum absolute atomic E-state index is 0.0177. The average molecular weight is 624 g/mol. The number of aliphatic hydroxyl groups is 1. The second-order valence-electron chi connectivity index (χ2n) is 9.73. The Hall–Kier alpha value is -4.01. The van der Waals surface area contributed by atoms with Crippen LogP contribution in [-0.4, -0.2) is 46.2 Å². The Morgan fingerprint density at radius 2 is 1.88 bits per heavy atom. The van der Waals surface area contributed by atoms with Crippen LogP contribution in [0, 0.1) is 5.82 Å². The highest BCUT2D eigenvalue weighted by molar-refractivity contribution is 7.22. The van der Waals surface area contributed by atoms with Crippen molar-refractivity contribution in [2.24, 2.45) is 5.73 Å². The van der Waals surface area contributed by atoms with Crippen LogP contribution >= 0.6 is 22.9 Å². The number of amides is 2. The van der Waals surface area contributed by atoms with Crippen molar-refractivity contribution in [3.05, 3.63) is 70.1 Å². The third-order valence-corrected chi connectivity index (χ3v) is 8.39. The van der Waals surface area contributed by atoms with E-state index in [0.717, 1.165) is 29.5 Å². The van der Waals surface area contributed by atoms with Crippen molar-refractivity contribution >= 4 is 50.1 Å². The van der Waals surface area contributed by atoms with Crippen LogP contribution < -0.4 is 21.5 Å². The molecule has 0 saturated heterocycles. The molecule has 9 nitrogen and oxygen atoms in total. The number of nitrogens with zero attached hydrogens (tertiary/aromatic N) is 2. The van der Waals surface area contributed by atoms with Crippen LogP contribution in [0.5, 0.6) is 5.75 Å². The smallest absolute Gasteiger partial charge is 0.424 e. The van der Waals surface area contributed by atoms with Crippen LogP contribution in [0.25, 0.3) is 21.5 Å². The Balaban J connectivity index is 1.61. The molecule has 4 aromatic rings. The number of anilines is 1. The highest BCUT2D eigenvalue weighted by Gasteiger charge is 2.58. The molecule has 1 aliphatic heterocycles. The third kappa shape index (κ3) is 4.78. The number of benzene rings is 2. The van der Waals surface area contributed by atoms with E-state index in [9.17, 15) is 32.3 Å². The summed E-state index contributed by atoms with van der Waals surface area (Å²) in [6.45, 7) is -0.0310. The van der Waals surface area contributed by atoms with Gasteiger partial charge in [0.05, 0.1) is 22.0 Å². The molecule has 0 unspecified atom stereocenters. The number of rotatable bonds is 7. The molecule has 2 amide bonds. The van der Waals surface area contributed by atoms with Gasteiger partial charge in [-0.1, -0.05) is 29.9 Å². The fourth-order valence-electron chi connectivity index (χ4n) is 4.78. The fraction of sp³-hybridized carbons (Fsp3) is 0.259. The molecule has 2 aromatic carbocycles. The second kappa shape index (κ2) is 10.4. The number of halogens is 5. The first-order valence-corrected chi connectivity index (χ1v) is 13.6. The van der Waals surface area contributed by atoms with Crippen molar-refractivity contribution in [3.63, 3.8) is 0 Å². The van der Waals surface area contributed by atoms with Crippen molar-refractivity contribution in [3.8, 4) is 17.0 Å². The number of primary amides is 1. The maximum atomic E-state index is 14.6. The minimum atomic E-state index is -5.36. The molecule has 2 atom stereocenters. The number of carbonyl (C=O) groups excluding carboxylic acids is 2. The second-order valence-corrected chi connectivity index (χ2v) is 11.2. The Morgan fingerprint density at radius 1 is 1.19 bits per heavy atom. The van der Waals surface area contributed by atoms with E-state index in [1.54, 1.807) is 6.92 Å². The number of ether oxygens (including phenoxy) is 1. The Kier molecular flexibility index (Phi) is 7.28. The molecular weight excluding hydrogens is 602 g/mol. The number of alkyl halides is 3. The summed E-state index contributed by atoms with van der Waals surface area (Å²) in [5, 5.41) is 13.5. The van der Waals surface area contributed by atoms with E-state index in [1.807, 2.05) is 0 Å². The highest BCUT2D eigenvalue weighted by atomic mass is 35.5. The standard InChI is InChI=1S/C27H22ClF4N5O4S/c1-2-25(23(33)39)11-41-21-15(25)9-18(36-19(21)12-3-5-14(29)6-4-12)26(40,27(30,31)32)10-35-22(38)13-7-16(28)20-17(8-13)42-24(34)37-20/h3-9,40H,2,10-11H2,1H3,(H2,33,39)(H2,34,37)(H,35,38)/t25-,26-/m0/s1. The molecule has 3 heterocycles. The lowest BCUT2D eigenvalue weighted by molar-refractivity contribution is -0.265.